The van der Waals surface area contributed by atoms with E-state index in [0.717, 1.165) is 11.3 Å². The monoisotopic (exact) mass is 235 g/mol. The van der Waals surface area contributed by atoms with E-state index >= 15 is 0 Å². The standard InChI is InChI=1S/C13H17NO3/c1-10(2)9-17-12-6-3-11(4-7-12)5-8-13(15)14-16/h3-8,10,16H,9H2,1-2H3,(H,14,15)/b8-5+. The Morgan fingerprint density at radius 2 is 2.06 bits per heavy atom. The van der Waals surface area contributed by atoms with Crippen LogP contribution in [-0.2, 0) is 4.79 Å². The molecular weight excluding hydrogens is 218 g/mol. The molecule has 0 atom stereocenters. The van der Waals surface area contributed by atoms with E-state index in [2.05, 4.69) is 13.8 Å². The van der Waals surface area contributed by atoms with Crippen molar-refractivity contribution in [1.82, 2.24) is 5.48 Å². The summed E-state index contributed by atoms with van der Waals surface area (Å²) in [6.07, 6.45) is 2.86. The third-order valence-corrected chi connectivity index (χ3v) is 2.00. The van der Waals surface area contributed by atoms with Crippen molar-refractivity contribution in [2.24, 2.45) is 5.92 Å². The summed E-state index contributed by atoms with van der Waals surface area (Å²) in [5, 5.41) is 8.31. The predicted octanol–water partition coefficient (Wildman–Crippen LogP) is 2.24. The zero-order valence-electron chi connectivity index (χ0n) is 10.0. The third-order valence-electron chi connectivity index (χ3n) is 2.00. The second-order valence-corrected chi connectivity index (χ2v) is 4.08. The molecule has 0 bridgehead atoms. The van der Waals surface area contributed by atoms with Crippen LogP contribution in [0.3, 0.4) is 0 Å². The van der Waals surface area contributed by atoms with Gasteiger partial charge in [-0.2, -0.15) is 0 Å². The van der Waals surface area contributed by atoms with Crippen molar-refractivity contribution in [1.29, 1.82) is 0 Å². The van der Waals surface area contributed by atoms with Crippen LogP contribution in [0.15, 0.2) is 30.3 Å². The van der Waals surface area contributed by atoms with E-state index in [4.69, 9.17) is 9.94 Å². The van der Waals surface area contributed by atoms with E-state index in [1.165, 1.54) is 11.6 Å². The Bertz CT molecular complexity index is 382. The van der Waals surface area contributed by atoms with Gasteiger partial charge in [-0.1, -0.05) is 26.0 Å². The molecule has 0 aliphatic rings. The molecular formula is C13H17NO3. The average Bonchev–Trinajstić information content (AvgIpc) is 2.34. The van der Waals surface area contributed by atoms with Gasteiger partial charge in [0.15, 0.2) is 0 Å². The summed E-state index contributed by atoms with van der Waals surface area (Å²) < 4.78 is 5.53. The highest BCUT2D eigenvalue weighted by Crippen LogP contribution is 2.14. The molecule has 1 amide bonds. The van der Waals surface area contributed by atoms with E-state index in [0.29, 0.717) is 12.5 Å². The summed E-state index contributed by atoms with van der Waals surface area (Å²) in [6, 6.07) is 7.38. The maximum absolute atomic E-state index is 10.8. The Labute approximate surface area is 101 Å². The summed E-state index contributed by atoms with van der Waals surface area (Å²) in [5.41, 5.74) is 2.40. The molecule has 0 radical (unpaired) electrons. The number of hydrogen-bond acceptors (Lipinski definition) is 3. The van der Waals surface area contributed by atoms with Crippen LogP contribution in [0.2, 0.25) is 0 Å². The molecule has 0 fully saturated rings. The lowest BCUT2D eigenvalue weighted by Crippen LogP contribution is -2.14. The summed E-state index contributed by atoms with van der Waals surface area (Å²) >= 11 is 0. The normalized spacial score (nSPS) is 10.8. The van der Waals surface area contributed by atoms with Crippen molar-refractivity contribution >= 4 is 12.0 Å². The fourth-order valence-corrected chi connectivity index (χ4v) is 1.15. The van der Waals surface area contributed by atoms with Gasteiger partial charge in [-0.3, -0.25) is 10.0 Å². The molecule has 0 unspecified atom stereocenters. The largest absolute Gasteiger partial charge is 0.493 e. The van der Waals surface area contributed by atoms with Gasteiger partial charge in [0.05, 0.1) is 6.61 Å². The molecule has 0 heterocycles. The summed E-state index contributed by atoms with van der Waals surface area (Å²) in [5.74, 6) is 0.746. The molecule has 0 aromatic heterocycles. The fourth-order valence-electron chi connectivity index (χ4n) is 1.15. The fraction of sp³-hybridized carbons (Fsp3) is 0.308. The first-order valence-electron chi connectivity index (χ1n) is 5.47. The number of rotatable bonds is 5. The number of amides is 1. The molecule has 4 nitrogen and oxygen atoms in total. The number of carbonyl (C=O) groups excluding carboxylic acids is 1. The van der Waals surface area contributed by atoms with Crippen molar-refractivity contribution in [3.8, 4) is 5.75 Å². The van der Waals surface area contributed by atoms with E-state index < -0.39 is 5.91 Å². The van der Waals surface area contributed by atoms with Crippen LogP contribution in [0.25, 0.3) is 6.08 Å². The zero-order valence-corrected chi connectivity index (χ0v) is 10.0. The van der Waals surface area contributed by atoms with Crippen LogP contribution in [0, 0.1) is 5.92 Å². The lowest BCUT2D eigenvalue weighted by molar-refractivity contribution is -0.124. The Hall–Kier alpha value is -1.81. The molecule has 2 N–H and O–H groups in total. The van der Waals surface area contributed by atoms with Crippen LogP contribution in [0.5, 0.6) is 5.75 Å². The molecule has 0 aliphatic heterocycles. The molecule has 17 heavy (non-hydrogen) atoms. The van der Waals surface area contributed by atoms with Crippen molar-refractivity contribution in [2.45, 2.75) is 13.8 Å². The van der Waals surface area contributed by atoms with Crippen molar-refractivity contribution in [3.63, 3.8) is 0 Å². The van der Waals surface area contributed by atoms with E-state index in [1.807, 2.05) is 24.3 Å². The Morgan fingerprint density at radius 3 is 2.59 bits per heavy atom. The molecule has 1 aromatic carbocycles. The maximum Gasteiger partial charge on any atom is 0.267 e. The van der Waals surface area contributed by atoms with E-state index in [-0.39, 0.29) is 0 Å². The summed E-state index contributed by atoms with van der Waals surface area (Å²) in [7, 11) is 0. The molecule has 0 saturated carbocycles. The molecule has 92 valence electrons. The topological polar surface area (TPSA) is 58.6 Å². The number of hydroxylamine groups is 1. The number of carbonyl (C=O) groups is 1. The Kier molecular flexibility index (Phi) is 5.23. The first kappa shape index (κ1) is 13.3. The van der Waals surface area contributed by atoms with Crippen LogP contribution in [0.4, 0.5) is 0 Å². The van der Waals surface area contributed by atoms with Gasteiger partial charge in [0, 0.05) is 6.08 Å². The second-order valence-electron chi connectivity index (χ2n) is 4.08. The van der Waals surface area contributed by atoms with Gasteiger partial charge in [0.1, 0.15) is 5.75 Å². The minimum Gasteiger partial charge on any atom is -0.493 e. The number of hydrogen-bond donors (Lipinski definition) is 2. The lowest BCUT2D eigenvalue weighted by atomic mass is 10.2. The van der Waals surface area contributed by atoms with Gasteiger partial charge >= 0.3 is 0 Å². The van der Waals surface area contributed by atoms with Gasteiger partial charge in [-0.05, 0) is 29.7 Å². The molecule has 0 spiro atoms. The van der Waals surface area contributed by atoms with Gasteiger partial charge in [-0.25, -0.2) is 5.48 Å². The van der Waals surface area contributed by atoms with Crippen molar-refractivity contribution in [2.75, 3.05) is 6.61 Å². The Morgan fingerprint density at radius 1 is 1.41 bits per heavy atom. The highest BCUT2D eigenvalue weighted by molar-refractivity contribution is 5.90. The maximum atomic E-state index is 10.8. The number of benzene rings is 1. The van der Waals surface area contributed by atoms with Gasteiger partial charge in [0.25, 0.3) is 5.91 Å². The van der Waals surface area contributed by atoms with Gasteiger partial charge in [-0.15, -0.1) is 0 Å². The minimum absolute atomic E-state index is 0.489. The molecule has 1 rings (SSSR count). The predicted molar refractivity (Wildman–Crippen MR) is 65.7 cm³/mol. The molecule has 1 aromatic rings. The van der Waals surface area contributed by atoms with Gasteiger partial charge in [0.2, 0.25) is 0 Å². The zero-order chi connectivity index (χ0) is 12.7. The molecule has 0 aliphatic carbocycles. The highest BCUT2D eigenvalue weighted by atomic mass is 16.5. The summed E-state index contributed by atoms with van der Waals surface area (Å²) in [4.78, 5) is 10.8. The minimum atomic E-state index is -0.551. The van der Waals surface area contributed by atoms with Crippen LogP contribution in [0.1, 0.15) is 19.4 Å². The SMILES string of the molecule is CC(C)COc1ccc(/C=C/C(=O)NO)cc1. The van der Waals surface area contributed by atoms with Crippen molar-refractivity contribution in [3.05, 3.63) is 35.9 Å². The van der Waals surface area contributed by atoms with E-state index in [1.54, 1.807) is 6.08 Å². The highest BCUT2D eigenvalue weighted by Gasteiger charge is 1.97. The average molecular weight is 235 g/mol. The Balaban J connectivity index is 2.55. The number of nitrogens with one attached hydrogen (secondary N) is 1. The quantitative estimate of drug-likeness (QED) is 0.467. The second kappa shape index (κ2) is 6.70. The first-order valence-corrected chi connectivity index (χ1v) is 5.47. The van der Waals surface area contributed by atoms with E-state index in [9.17, 15) is 4.79 Å². The lowest BCUT2D eigenvalue weighted by Gasteiger charge is -2.08. The van der Waals surface area contributed by atoms with Crippen LogP contribution >= 0.6 is 0 Å². The van der Waals surface area contributed by atoms with Gasteiger partial charge < -0.3 is 4.74 Å². The van der Waals surface area contributed by atoms with Crippen LogP contribution in [-0.4, -0.2) is 17.7 Å². The smallest absolute Gasteiger partial charge is 0.267 e. The molecule has 4 heteroatoms. The van der Waals surface area contributed by atoms with Crippen molar-refractivity contribution < 1.29 is 14.7 Å². The first-order chi connectivity index (χ1) is 8.11. The summed E-state index contributed by atoms with van der Waals surface area (Å²) in [6.45, 7) is 4.86. The van der Waals surface area contributed by atoms with Crippen LogP contribution < -0.4 is 10.2 Å². The molecule has 0 saturated heterocycles. The number of ether oxygens (including phenoxy) is 1. The third kappa shape index (κ3) is 5.17.